The quantitative estimate of drug-likeness (QED) is 0.845. The summed E-state index contributed by atoms with van der Waals surface area (Å²) in [5.41, 5.74) is 1.06. The average Bonchev–Trinajstić information content (AvgIpc) is 2.84. The van der Waals surface area contributed by atoms with Gasteiger partial charge in [0.05, 0.1) is 10.7 Å². The van der Waals surface area contributed by atoms with Crippen molar-refractivity contribution in [2.45, 2.75) is 33.1 Å². The fraction of sp³-hybridized carbons (Fsp3) is 0.733. The van der Waals surface area contributed by atoms with Gasteiger partial charge in [-0.25, -0.2) is 9.78 Å². The Kier molecular flexibility index (Phi) is 6.45. The molecule has 2 N–H and O–H groups in total. The van der Waals surface area contributed by atoms with E-state index in [1.165, 1.54) is 12.8 Å². The van der Waals surface area contributed by atoms with Crippen LogP contribution in [0.5, 0.6) is 0 Å². The van der Waals surface area contributed by atoms with Crippen LogP contribution in [0.25, 0.3) is 0 Å². The van der Waals surface area contributed by atoms with Crippen LogP contribution >= 0.6 is 11.3 Å². The molecule has 21 heavy (non-hydrogen) atoms. The maximum absolute atomic E-state index is 11.7. The van der Waals surface area contributed by atoms with Crippen molar-refractivity contribution in [1.29, 1.82) is 0 Å². The molecule has 0 aliphatic carbocycles. The summed E-state index contributed by atoms with van der Waals surface area (Å²) in [5, 5.41) is 8.93. The molecule has 1 aromatic rings. The van der Waals surface area contributed by atoms with E-state index >= 15 is 0 Å². The topological polar surface area (TPSA) is 57.3 Å². The van der Waals surface area contributed by atoms with Crippen LogP contribution in [-0.2, 0) is 6.42 Å². The summed E-state index contributed by atoms with van der Waals surface area (Å²) in [4.78, 5) is 18.5. The van der Waals surface area contributed by atoms with E-state index in [1.807, 2.05) is 12.3 Å². The molecule has 2 amide bonds. The zero-order chi connectivity index (χ0) is 15.1. The Morgan fingerprint density at radius 3 is 3.00 bits per heavy atom. The first-order valence-electron chi connectivity index (χ1n) is 7.78. The van der Waals surface area contributed by atoms with Crippen molar-refractivity contribution in [1.82, 2.24) is 20.5 Å². The highest BCUT2D eigenvalue weighted by atomic mass is 32.1. The van der Waals surface area contributed by atoms with E-state index in [1.54, 1.807) is 11.3 Å². The van der Waals surface area contributed by atoms with E-state index in [0.29, 0.717) is 13.1 Å². The zero-order valence-corrected chi connectivity index (χ0v) is 13.8. The number of nitrogens with zero attached hydrogens (tertiary/aromatic N) is 2. The maximum Gasteiger partial charge on any atom is 0.314 e. The molecule has 1 aliphatic heterocycles. The van der Waals surface area contributed by atoms with Crippen LogP contribution in [-0.4, -0.2) is 48.6 Å². The average molecular weight is 310 g/mol. The van der Waals surface area contributed by atoms with Crippen LogP contribution in [0.4, 0.5) is 4.79 Å². The minimum absolute atomic E-state index is 0.0768. The number of piperidine rings is 1. The van der Waals surface area contributed by atoms with Crippen LogP contribution in [0, 0.1) is 12.8 Å². The Bertz CT molecular complexity index is 449. The van der Waals surface area contributed by atoms with Crippen molar-refractivity contribution in [3.05, 3.63) is 16.1 Å². The van der Waals surface area contributed by atoms with E-state index < -0.39 is 0 Å². The first-order valence-corrected chi connectivity index (χ1v) is 8.66. The lowest BCUT2D eigenvalue weighted by Crippen LogP contribution is -2.43. The molecule has 0 spiro atoms. The molecule has 1 aliphatic rings. The molecule has 1 atom stereocenters. The second-order valence-electron chi connectivity index (χ2n) is 5.84. The highest BCUT2D eigenvalue weighted by Gasteiger charge is 2.15. The third kappa shape index (κ3) is 6.01. The van der Waals surface area contributed by atoms with Gasteiger partial charge < -0.3 is 15.5 Å². The number of likely N-dealkylation sites (tertiary alicyclic amines) is 1. The Balaban J connectivity index is 1.53. The molecule has 118 valence electrons. The highest BCUT2D eigenvalue weighted by molar-refractivity contribution is 7.09. The molecule has 0 saturated carbocycles. The van der Waals surface area contributed by atoms with Gasteiger partial charge in [-0.05, 0) is 32.2 Å². The van der Waals surface area contributed by atoms with Crippen LogP contribution in [0.1, 0.15) is 30.5 Å². The number of aryl methyl sites for hydroxylation is 1. The molecular formula is C15H26N4OS. The van der Waals surface area contributed by atoms with Crippen molar-refractivity contribution in [2.24, 2.45) is 5.92 Å². The zero-order valence-electron chi connectivity index (χ0n) is 13.0. The van der Waals surface area contributed by atoms with E-state index in [0.717, 1.165) is 42.7 Å². The van der Waals surface area contributed by atoms with Crippen molar-refractivity contribution in [2.75, 3.05) is 32.7 Å². The second kappa shape index (κ2) is 8.34. The predicted molar refractivity (Wildman–Crippen MR) is 86.8 cm³/mol. The van der Waals surface area contributed by atoms with Gasteiger partial charge in [0.15, 0.2) is 0 Å². The number of nitrogens with one attached hydrogen (secondary N) is 2. The van der Waals surface area contributed by atoms with E-state index in [9.17, 15) is 4.79 Å². The molecule has 1 aromatic heterocycles. The van der Waals surface area contributed by atoms with Gasteiger partial charge in [0.25, 0.3) is 0 Å². The predicted octanol–water partition coefficient (Wildman–Crippen LogP) is 2.03. The lowest BCUT2D eigenvalue weighted by Gasteiger charge is -2.30. The number of thiazole rings is 1. The monoisotopic (exact) mass is 310 g/mol. The minimum Gasteiger partial charge on any atom is -0.338 e. The number of aromatic nitrogens is 1. The maximum atomic E-state index is 11.7. The third-order valence-corrected chi connectivity index (χ3v) is 4.61. The van der Waals surface area contributed by atoms with Gasteiger partial charge >= 0.3 is 6.03 Å². The second-order valence-corrected chi connectivity index (χ2v) is 6.90. The number of carbonyl (C=O) groups is 1. The Labute approximate surface area is 131 Å². The smallest absolute Gasteiger partial charge is 0.314 e. The fourth-order valence-corrected chi connectivity index (χ4v) is 3.35. The summed E-state index contributed by atoms with van der Waals surface area (Å²) in [6.45, 7) is 8.92. The van der Waals surface area contributed by atoms with Gasteiger partial charge in [0, 0.05) is 38.0 Å². The summed E-state index contributed by atoms with van der Waals surface area (Å²) in [6, 6.07) is -0.0768. The van der Waals surface area contributed by atoms with Crippen molar-refractivity contribution < 1.29 is 4.79 Å². The summed E-state index contributed by atoms with van der Waals surface area (Å²) >= 11 is 1.65. The van der Waals surface area contributed by atoms with Crippen LogP contribution in [0.2, 0.25) is 0 Å². The molecule has 2 rings (SSSR count). The largest absolute Gasteiger partial charge is 0.338 e. The molecule has 0 radical (unpaired) electrons. The number of hydrogen-bond acceptors (Lipinski definition) is 4. The fourth-order valence-electron chi connectivity index (χ4n) is 2.71. The molecule has 0 aromatic carbocycles. The number of rotatable bonds is 6. The molecule has 0 unspecified atom stereocenters. The van der Waals surface area contributed by atoms with Crippen LogP contribution in [0.3, 0.4) is 0 Å². The van der Waals surface area contributed by atoms with Crippen molar-refractivity contribution in [3.8, 4) is 0 Å². The van der Waals surface area contributed by atoms with Gasteiger partial charge in [-0.1, -0.05) is 6.92 Å². The van der Waals surface area contributed by atoms with Crippen molar-refractivity contribution >= 4 is 17.4 Å². The first kappa shape index (κ1) is 16.2. The summed E-state index contributed by atoms with van der Waals surface area (Å²) < 4.78 is 0. The minimum atomic E-state index is -0.0768. The van der Waals surface area contributed by atoms with E-state index in [4.69, 9.17) is 0 Å². The molecular weight excluding hydrogens is 284 g/mol. The number of hydrogen-bond donors (Lipinski definition) is 2. The SMILES string of the molecule is Cc1nc(CCNC(=O)NCCN2CCC[C@H](C)C2)cs1. The summed E-state index contributed by atoms with van der Waals surface area (Å²) in [5.74, 6) is 0.786. The van der Waals surface area contributed by atoms with Gasteiger partial charge in [0.2, 0.25) is 0 Å². The summed E-state index contributed by atoms with van der Waals surface area (Å²) in [7, 11) is 0. The molecule has 5 nitrogen and oxygen atoms in total. The Morgan fingerprint density at radius 1 is 1.48 bits per heavy atom. The van der Waals surface area contributed by atoms with Crippen molar-refractivity contribution in [3.63, 3.8) is 0 Å². The molecule has 6 heteroatoms. The van der Waals surface area contributed by atoms with Gasteiger partial charge in [-0.3, -0.25) is 0 Å². The Hall–Kier alpha value is -1.14. The lowest BCUT2D eigenvalue weighted by atomic mass is 10.0. The lowest BCUT2D eigenvalue weighted by molar-refractivity contribution is 0.184. The molecule has 1 fully saturated rings. The Morgan fingerprint density at radius 2 is 2.29 bits per heavy atom. The molecule has 1 saturated heterocycles. The van der Waals surface area contributed by atoms with E-state index in [2.05, 4.69) is 27.4 Å². The third-order valence-electron chi connectivity index (χ3n) is 3.79. The molecule has 0 bridgehead atoms. The van der Waals surface area contributed by atoms with Gasteiger partial charge in [0.1, 0.15) is 0 Å². The highest BCUT2D eigenvalue weighted by Crippen LogP contribution is 2.14. The van der Waals surface area contributed by atoms with Gasteiger partial charge in [-0.15, -0.1) is 11.3 Å². The number of urea groups is 1. The van der Waals surface area contributed by atoms with Crippen LogP contribution < -0.4 is 10.6 Å². The summed E-state index contributed by atoms with van der Waals surface area (Å²) in [6.07, 6.45) is 3.41. The molecule has 2 heterocycles. The van der Waals surface area contributed by atoms with Gasteiger partial charge in [-0.2, -0.15) is 0 Å². The first-order chi connectivity index (χ1) is 10.1. The number of amides is 2. The normalized spacial score (nSPS) is 19.4. The van der Waals surface area contributed by atoms with E-state index in [-0.39, 0.29) is 6.03 Å². The van der Waals surface area contributed by atoms with Crippen LogP contribution in [0.15, 0.2) is 5.38 Å². The number of carbonyl (C=O) groups excluding carboxylic acids is 1. The standard InChI is InChI=1S/C15H26N4OS/c1-12-4-3-8-19(10-12)9-7-17-15(20)16-6-5-14-11-21-13(2)18-14/h11-12H,3-10H2,1-2H3,(H2,16,17,20)/t12-/m0/s1.